The molecule has 4 heteroatoms. The number of amides is 1. The van der Waals surface area contributed by atoms with E-state index in [2.05, 4.69) is 10.6 Å². The van der Waals surface area contributed by atoms with Crippen molar-refractivity contribution in [3.05, 3.63) is 35.9 Å². The Balaban J connectivity index is 1.92. The third kappa shape index (κ3) is 2.58. The molecule has 1 aliphatic heterocycles. The molecule has 1 aromatic rings. The van der Waals surface area contributed by atoms with Crippen LogP contribution in [-0.2, 0) is 4.79 Å². The van der Waals surface area contributed by atoms with E-state index in [0.29, 0.717) is 5.56 Å². The number of alkyl halides is 1. The summed E-state index contributed by atoms with van der Waals surface area (Å²) in [6, 6.07) is 8.40. The van der Waals surface area contributed by atoms with Crippen LogP contribution in [0.1, 0.15) is 24.7 Å². The Morgan fingerprint density at radius 2 is 2.19 bits per heavy atom. The Morgan fingerprint density at radius 3 is 2.81 bits per heavy atom. The van der Waals surface area contributed by atoms with Gasteiger partial charge in [0.05, 0.1) is 6.04 Å². The molecule has 2 unspecified atom stereocenters. The van der Waals surface area contributed by atoms with Crippen LogP contribution in [0.4, 0.5) is 4.39 Å². The fraction of sp³-hybridized carbons (Fsp3) is 0.417. The zero-order chi connectivity index (χ0) is 11.4. The molecule has 2 atom stereocenters. The third-order valence-electron chi connectivity index (χ3n) is 2.74. The summed E-state index contributed by atoms with van der Waals surface area (Å²) in [4.78, 5) is 11.6. The number of nitrogens with one attached hydrogen (secondary N) is 2. The molecule has 2 N–H and O–H groups in total. The number of rotatable bonds is 3. The van der Waals surface area contributed by atoms with Gasteiger partial charge in [0.15, 0.2) is 6.30 Å². The van der Waals surface area contributed by atoms with E-state index in [0.717, 1.165) is 19.4 Å². The van der Waals surface area contributed by atoms with Crippen LogP contribution in [0.3, 0.4) is 0 Å². The molecule has 16 heavy (non-hydrogen) atoms. The van der Waals surface area contributed by atoms with Crippen LogP contribution in [0, 0.1) is 0 Å². The van der Waals surface area contributed by atoms with Crippen molar-refractivity contribution in [2.75, 3.05) is 6.54 Å². The van der Waals surface area contributed by atoms with Crippen LogP contribution in [-0.4, -0.2) is 18.5 Å². The van der Waals surface area contributed by atoms with Gasteiger partial charge in [0, 0.05) is 5.56 Å². The zero-order valence-electron chi connectivity index (χ0n) is 8.95. The summed E-state index contributed by atoms with van der Waals surface area (Å²) >= 11 is 0. The number of hydrogen-bond acceptors (Lipinski definition) is 2. The first-order chi connectivity index (χ1) is 7.77. The summed E-state index contributed by atoms with van der Waals surface area (Å²) in [5.74, 6) is -0.256. The molecular weight excluding hydrogens is 207 g/mol. The van der Waals surface area contributed by atoms with E-state index >= 15 is 0 Å². The van der Waals surface area contributed by atoms with Gasteiger partial charge >= 0.3 is 0 Å². The van der Waals surface area contributed by atoms with Crippen LogP contribution >= 0.6 is 0 Å². The van der Waals surface area contributed by atoms with Crippen molar-refractivity contribution in [3.8, 4) is 0 Å². The molecule has 0 aromatic heterocycles. The van der Waals surface area contributed by atoms with Gasteiger partial charge in [-0.15, -0.1) is 0 Å². The van der Waals surface area contributed by atoms with E-state index in [1.807, 2.05) is 6.07 Å². The minimum atomic E-state index is -1.42. The molecule has 1 heterocycles. The highest BCUT2D eigenvalue weighted by Gasteiger charge is 2.24. The monoisotopic (exact) mass is 222 g/mol. The topological polar surface area (TPSA) is 41.1 Å². The second kappa shape index (κ2) is 5.07. The smallest absolute Gasteiger partial charge is 0.239 e. The lowest BCUT2D eigenvalue weighted by Gasteiger charge is -2.14. The summed E-state index contributed by atoms with van der Waals surface area (Å²) in [6.07, 6.45) is 0.337. The van der Waals surface area contributed by atoms with Gasteiger partial charge in [-0.3, -0.25) is 4.79 Å². The first-order valence-electron chi connectivity index (χ1n) is 5.50. The van der Waals surface area contributed by atoms with E-state index in [1.165, 1.54) is 0 Å². The van der Waals surface area contributed by atoms with Crippen molar-refractivity contribution in [1.29, 1.82) is 0 Å². The molecule has 0 bridgehead atoms. The number of benzene rings is 1. The Hall–Kier alpha value is -1.42. The Kier molecular flexibility index (Phi) is 3.51. The lowest BCUT2D eigenvalue weighted by Crippen LogP contribution is -2.41. The summed E-state index contributed by atoms with van der Waals surface area (Å²) in [5.41, 5.74) is 0.480. The minimum absolute atomic E-state index is 0.234. The highest BCUT2D eigenvalue weighted by molar-refractivity contribution is 5.82. The van der Waals surface area contributed by atoms with E-state index in [9.17, 15) is 9.18 Å². The Morgan fingerprint density at radius 1 is 1.44 bits per heavy atom. The molecule has 1 saturated heterocycles. The Bertz CT molecular complexity index is 349. The number of carbonyl (C=O) groups excluding carboxylic acids is 1. The predicted octanol–water partition coefficient (Wildman–Crippen LogP) is 1.52. The largest absolute Gasteiger partial charge is 0.321 e. The average molecular weight is 222 g/mol. The lowest BCUT2D eigenvalue weighted by atomic mass is 10.2. The highest BCUT2D eigenvalue weighted by Crippen LogP contribution is 2.14. The SMILES string of the molecule is O=C(NC(F)c1ccccc1)C1CCCN1. The zero-order valence-corrected chi connectivity index (χ0v) is 8.95. The maximum atomic E-state index is 13.7. The van der Waals surface area contributed by atoms with E-state index < -0.39 is 6.30 Å². The molecule has 1 amide bonds. The van der Waals surface area contributed by atoms with Gasteiger partial charge in [-0.2, -0.15) is 0 Å². The average Bonchev–Trinajstić information content (AvgIpc) is 2.83. The molecule has 0 aliphatic carbocycles. The van der Waals surface area contributed by atoms with Gasteiger partial charge < -0.3 is 10.6 Å². The predicted molar refractivity (Wildman–Crippen MR) is 59.5 cm³/mol. The standard InChI is InChI=1S/C12H15FN2O/c13-11(9-5-2-1-3-6-9)15-12(16)10-7-4-8-14-10/h1-3,5-6,10-11,14H,4,7-8H2,(H,15,16). The molecule has 1 aliphatic rings. The van der Waals surface area contributed by atoms with Gasteiger partial charge in [0.2, 0.25) is 5.91 Å². The number of carbonyl (C=O) groups is 1. The molecule has 1 aromatic carbocycles. The summed E-state index contributed by atoms with van der Waals surface area (Å²) in [5, 5.41) is 5.40. The Labute approximate surface area is 94.0 Å². The highest BCUT2D eigenvalue weighted by atomic mass is 19.1. The summed E-state index contributed by atoms with van der Waals surface area (Å²) in [6.45, 7) is 0.834. The lowest BCUT2D eigenvalue weighted by molar-refractivity contribution is -0.124. The van der Waals surface area contributed by atoms with Crippen LogP contribution in [0.25, 0.3) is 0 Å². The van der Waals surface area contributed by atoms with Crippen molar-refractivity contribution in [2.45, 2.75) is 25.2 Å². The molecular formula is C12H15FN2O. The first kappa shape index (κ1) is 11.1. The molecule has 86 valence electrons. The van der Waals surface area contributed by atoms with Gasteiger partial charge in [0.25, 0.3) is 0 Å². The number of hydrogen-bond donors (Lipinski definition) is 2. The third-order valence-corrected chi connectivity index (χ3v) is 2.74. The fourth-order valence-corrected chi connectivity index (χ4v) is 1.84. The van der Waals surface area contributed by atoms with Crippen molar-refractivity contribution in [2.24, 2.45) is 0 Å². The van der Waals surface area contributed by atoms with Gasteiger partial charge in [0.1, 0.15) is 0 Å². The molecule has 0 saturated carbocycles. The van der Waals surface area contributed by atoms with E-state index in [4.69, 9.17) is 0 Å². The second-order valence-corrected chi connectivity index (χ2v) is 3.93. The van der Waals surface area contributed by atoms with Crippen molar-refractivity contribution in [3.63, 3.8) is 0 Å². The van der Waals surface area contributed by atoms with Crippen molar-refractivity contribution in [1.82, 2.24) is 10.6 Å². The maximum Gasteiger partial charge on any atom is 0.239 e. The number of halogens is 1. The fourth-order valence-electron chi connectivity index (χ4n) is 1.84. The molecule has 2 rings (SSSR count). The minimum Gasteiger partial charge on any atom is -0.321 e. The van der Waals surface area contributed by atoms with E-state index in [-0.39, 0.29) is 11.9 Å². The van der Waals surface area contributed by atoms with Crippen LogP contribution in [0.15, 0.2) is 30.3 Å². The van der Waals surface area contributed by atoms with Crippen LogP contribution < -0.4 is 10.6 Å². The first-order valence-corrected chi connectivity index (χ1v) is 5.50. The van der Waals surface area contributed by atoms with E-state index in [1.54, 1.807) is 24.3 Å². The van der Waals surface area contributed by atoms with Crippen LogP contribution in [0.2, 0.25) is 0 Å². The second-order valence-electron chi connectivity index (χ2n) is 3.93. The van der Waals surface area contributed by atoms with Gasteiger partial charge in [-0.05, 0) is 19.4 Å². The van der Waals surface area contributed by atoms with Crippen molar-refractivity contribution >= 4 is 5.91 Å². The molecule has 1 fully saturated rings. The molecule has 0 spiro atoms. The normalized spacial score (nSPS) is 21.7. The maximum absolute atomic E-state index is 13.7. The summed E-state index contributed by atoms with van der Waals surface area (Å²) < 4.78 is 13.7. The summed E-state index contributed by atoms with van der Waals surface area (Å²) in [7, 11) is 0. The van der Waals surface area contributed by atoms with Gasteiger partial charge in [-0.25, -0.2) is 4.39 Å². The van der Waals surface area contributed by atoms with Crippen molar-refractivity contribution < 1.29 is 9.18 Å². The van der Waals surface area contributed by atoms with Crippen LogP contribution in [0.5, 0.6) is 0 Å². The quantitative estimate of drug-likeness (QED) is 0.761. The van der Waals surface area contributed by atoms with Gasteiger partial charge in [-0.1, -0.05) is 30.3 Å². The molecule has 3 nitrogen and oxygen atoms in total. The molecule has 0 radical (unpaired) electrons.